The number of rotatable bonds is 5. The third-order valence-corrected chi connectivity index (χ3v) is 2.29. The first-order valence-electron chi connectivity index (χ1n) is 4.84. The zero-order valence-electron chi connectivity index (χ0n) is 9.07. The number of carboxylic acids is 1. The van der Waals surface area contributed by atoms with E-state index in [-0.39, 0.29) is 0 Å². The molecule has 96 valence electrons. The maximum Gasteiger partial charge on any atom is 0.401 e. The van der Waals surface area contributed by atoms with Crippen molar-refractivity contribution in [2.24, 2.45) is 0 Å². The van der Waals surface area contributed by atoms with Gasteiger partial charge in [-0.05, 0) is 13.0 Å². The van der Waals surface area contributed by atoms with Crippen LogP contribution in [-0.4, -0.2) is 35.2 Å². The Morgan fingerprint density at radius 1 is 1.59 bits per heavy atom. The molecule has 1 aromatic heterocycles. The molecule has 1 unspecified atom stereocenters. The number of aliphatic carboxylic acids is 1. The maximum absolute atomic E-state index is 12.3. The second kappa shape index (κ2) is 5.22. The van der Waals surface area contributed by atoms with E-state index in [0.29, 0.717) is 5.56 Å². The molecular formula is C10H12F3NO3. The fraction of sp³-hybridized carbons (Fsp3) is 0.500. The summed E-state index contributed by atoms with van der Waals surface area (Å²) in [6.45, 7) is -0.447. The van der Waals surface area contributed by atoms with Gasteiger partial charge in [-0.1, -0.05) is 0 Å². The molecule has 1 N–H and O–H groups in total. The van der Waals surface area contributed by atoms with E-state index >= 15 is 0 Å². The SMILES string of the molecule is CC(c1ccoc1)N(CC(=O)O)CC(F)(F)F. The largest absolute Gasteiger partial charge is 0.480 e. The number of nitrogens with zero attached hydrogens (tertiary/aromatic N) is 1. The molecule has 0 spiro atoms. The van der Waals surface area contributed by atoms with Crippen molar-refractivity contribution in [2.45, 2.75) is 19.1 Å². The van der Waals surface area contributed by atoms with Crippen LogP contribution in [0.5, 0.6) is 0 Å². The fourth-order valence-electron chi connectivity index (χ4n) is 1.46. The first-order valence-corrected chi connectivity index (χ1v) is 4.84. The molecule has 0 aliphatic carbocycles. The summed E-state index contributed by atoms with van der Waals surface area (Å²) in [6.07, 6.45) is -1.80. The molecule has 0 fully saturated rings. The van der Waals surface area contributed by atoms with Crippen molar-refractivity contribution < 1.29 is 27.5 Å². The van der Waals surface area contributed by atoms with Crippen LogP contribution in [0.2, 0.25) is 0 Å². The van der Waals surface area contributed by atoms with E-state index in [4.69, 9.17) is 9.52 Å². The minimum absolute atomic E-state index is 0.510. The Hall–Kier alpha value is -1.50. The first-order chi connectivity index (χ1) is 7.79. The van der Waals surface area contributed by atoms with Crippen LogP contribution in [0, 0.1) is 0 Å². The average Bonchev–Trinajstić information content (AvgIpc) is 2.65. The molecule has 0 saturated heterocycles. The van der Waals surface area contributed by atoms with Crippen LogP contribution in [0.15, 0.2) is 23.0 Å². The second-order valence-corrected chi connectivity index (χ2v) is 3.65. The van der Waals surface area contributed by atoms with Crippen LogP contribution in [0.25, 0.3) is 0 Å². The Morgan fingerprint density at radius 2 is 2.24 bits per heavy atom. The smallest absolute Gasteiger partial charge is 0.401 e. The summed E-state index contributed by atoms with van der Waals surface area (Å²) in [6, 6.07) is 0.835. The van der Waals surface area contributed by atoms with Crippen LogP contribution in [-0.2, 0) is 4.79 Å². The van der Waals surface area contributed by atoms with Gasteiger partial charge in [-0.3, -0.25) is 9.69 Å². The van der Waals surface area contributed by atoms with Gasteiger partial charge in [0, 0.05) is 11.6 Å². The molecule has 1 heterocycles. The molecule has 0 radical (unpaired) electrons. The van der Waals surface area contributed by atoms with Gasteiger partial charge in [0.05, 0.1) is 25.6 Å². The normalized spacial score (nSPS) is 13.9. The molecule has 1 rings (SSSR count). The van der Waals surface area contributed by atoms with E-state index in [2.05, 4.69) is 0 Å². The number of carboxylic acid groups (broad SMARTS) is 1. The quantitative estimate of drug-likeness (QED) is 0.872. The summed E-state index contributed by atoms with van der Waals surface area (Å²) in [5, 5.41) is 8.59. The highest BCUT2D eigenvalue weighted by Crippen LogP contribution is 2.25. The van der Waals surface area contributed by atoms with Gasteiger partial charge in [0.2, 0.25) is 0 Å². The summed E-state index contributed by atoms with van der Waals surface area (Å²) in [7, 11) is 0. The molecule has 0 aromatic carbocycles. The number of hydrogen-bond acceptors (Lipinski definition) is 3. The van der Waals surface area contributed by atoms with Crippen molar-refractivity contribution in [1.82, 2.24) is 4.90 Å². The van der Waals surface area contributed by atoms with Crippen LogP contribution in [0.3, 0.4) is 0 Å². The van der Waals surface area contributed by atoms with Crippen molar-refractivity contribution in [2.75, 3.05) is 13.1 Å². The van der Waals surface area contributed by atoms with E-state index < -0.39 is 31.3 Å². The van der Waals surface area contributed by atoms with E-state index in [0.717, 1.165) is 4.90 Å². The number of alkyl halides is 3. The minimum atomic E-state index is -4.44. The zero-order valence-corrected chi connectivity index (χ0v) is 9.07. The standard InChI is InChI=1S/C10H12F3NO3/c1-7(8-2-3-17-5-8)14(4-9(15)16)6-10(11,12)13/h2-3,5,7H,4,6H2,1H3,(H,15,16). The topological polar surface area (TPSA) is 53.7 Å². The van der Waals surface area contributed by atoms with Crippen LogP contribution in [0.1, 0.15) is 18.5 Å². The van der Waals surface area contributed by atoms with Crippen molar-refractivity contribution in [3.8, 4) is 0 Å². The summed E-state index contributed by atoms with van der Waals surface area (Å²) >= 11 is 0. The Kier molecular flexibility index (Phi) is 4.17. The Labute approximate surface area is 95.6 Å². The predicted molar refractivity (Wildman–Crippen MR) is 52.4 cm³/mol. The lowest BCUT2D eigenvalue weighted by Crippen LogP contribution is -2.39. The summed E-state index contributed by atoms with van der Waals surface area (Å²) < 4.78 is 41.7. The Morgan fingerprint density at radius 3 is 2.65 bits per heavy atom. The summed E-state index contributed by atoms with van der Waals surface area (Å²) in [5.74, 6) is -1.30. The highest BCUT2D eigenvalue weighted by atomic mass is 19.4. The van der Waals surface area contributed by atoms with Crippen LogP contribution in [0.4, 0.5) is 13.2 Å². The molecule has 1 atom stereocenters. The van der Waals surface area contributed by atoms with Crippen LogP contribution >= 0.6 is 0 Å². The first kappa shape index (κ1) is 13.6. The lowest BCUT2D eigenvalue weighted by Gasteiger charge is -2.27. The second-order valence-electron chi connectivity index (χ2n) is 3.65. The predicted octanol–water partition coefficient (Wildman–Crippen LogP) is 2.29. The van der Waals surface area contributed by atoms with Crippen molar-refractivity contribution >= 4 is 5.97 Å². The third kappa shape index (κ3) is 4.48. The van der Waals surface area contributed by atoms with Gasteiger partial charge >= 0.3 is 12.1 Å². The average molecular weight is 251 g/mol. The molecule has 4 nitrogen and oxygen atoms in total. The van der Waals surface area contributed by atoms with Gasteiger partial charge < -0.3 is 9.52 Å². The highest BCUT2D eigenvalue weighted by molar-refractivity contribution is 5.69. The molecule has 0 amide bonds. The summed E-state index contributed by atoms with van der Waals surface area (Å²) in [4.78, 5) is 11.4. The van der Waals surface area contributed by atoms with E-state index in [1.165, 1.54) is 25.5 Å². The van der Waals surface area contributed by atoms with Crippen molar-refractivity contribution in [3.05, 3.63) is 24.2 Å². The molecule has 7 heteroatoms. The molecule has 17 heavy (non-hydrogen) atoms. The van der Waals surface area contributed by atoms with Crippen LogP contribution < -0.4 is 0 Å². The van der Waals surface area contributed by atoms with E-state index in [1.54, 1.807) is 0 Å². The van der Waals surface area contributed by atoms with E-state index in [9.17, 15) is 18.0 Å². The highest BCUT2D eigenvalue weighted by Gasteiger charge is 2.34. The maximum atomic E-state index is 12.3. The Bertz CT molecular complexity index is 361. The molecule has 0 saturated carbocycles. The minimum Gasteiger partial charge on any atom is -0.480 e. The fourth-order valence-corrected chi connectivity index (χ4v) is 1.46. The number of halogens is 3. The van der Waals surface area contributed by atoms with Gasteiger partial charge in [0.15, 0.2) is 0 Å². The zero-order chi connectivity index (χ0) is 13.1. The van der Waals surface area contributed by atoms with Crippen molar-refractivity contribution in [1.29, 1.82) is 0 Å². The lowest BCUT2D eigenvalue weighted by molar-refractivity contribution is -0.157. The van der Waals surface area contributed by atoms with Crippen molar-refractivity contribution in [3.63, 3.8) is 0 Å². The van der Waals surface area contributed by atoms with Gasteiger partial charge in [0.25, 0.3) is 0 Å². The van der Waals surface area contributed by atoms with Gasteiger partial charge in [0.1, 0.15) is 0 Å². The molecule has 0 aliphatic heterocycles. The number of carbonyl (C=O) groups is 1. The van der Waals surface area contributed by atoms with E-state index in [1.807, 2.05) is 0 Å². The Balaban J connectivity index is 2.78. The number of furan rings is 1. The molecule has 1 aromatic rings. The molecule has 0 bridgehead atoms. The van der Waals surface area contributed by atoms with Gasteiger partial charge in [-0.15, -0.1) is 0 Å². The van der Waals surface area contributed by atoms with Gasteiger partial charge in [-0.25, -0.2) is 0 Å². The molecule has 0 aliphatic rings. The lowest BCUT2D eigenvalue weighted by atomic mass is 10.1. The number of hydrogen-bond donors (Lipinski definition) is 1. The third-order valence-electron chi connectivity index (χ3n) is 2.29. The summed E-state index contributed by atoms with van der Waals surface area (Å²) in [5.41, 5.74) is 0.510. The monoisotopic (exact) mass is 251 g/mol. The molecular weight excluding hydrogens is 239 g/mol. The van der Waals surface area contributed by atoms with Gasteiger partial charge in [-0.2, -0.15) is 13.2 Å².